The summed E-state index contributed by atoms with van der Waals surface area (Å²) in [6.45, 7) is 1.66. The number of nitrogens with one attached hydrogen (secondary N) is 2. The summed E-state index contributed by atoms with van der Waals surface area (Å²) in [5.74, 6) is 0.246. The van der Waals surface area contributed by atoms with E-state index in [4.69, 9.17) is 21.3 Å². The summed E-state index contributed by atoms with van der Waals surface area (Å²) >= 11 is 5.97. The summed E-state index contributed by atoms with van der Waals surface area (Å²) in [6.07, 6.45) is 0. The molecule has 5 nitrogen and oxygen atoms in total. The third kappa shape index (κ3) is 4.59. The van der Waals surface area contributed by atoms with Crippen molar-refractivity contribution in [1.82, 2.24) is 4.98 Å². The van der Waals surface area contributed by atoms with Gasteiger partial charge in [0, 0.05) is 33.4 Å². The SMILES string of the molecule is COc1cc(-c2ccc(Cl)cc2)nc2ccc(NC(=O)Nc3ccc(C)c(F)c3)cc12. The van der Waals surface area contributed by atoms with Gasteiger partial charge in [0.15, 0.2) is 0 Å². The number of hydrogen-bond donors (Lipinski definition) is 2. The molecule has 156 valence electrons. The first kappa shape index (κ1) is 20.6. The van der Waals surface area contributed by atoms with Gasteiger partial charge in [0.1, 0.15) is 11.6 Å². The van der Waals surface area contributed by atoms with E-state index in [1.54, 1.807) is 56.5 Å². The molecule has 0 radical (unpaired) electrons. The number of benzene rings is 3. The molecule has 0 aliphatic heterocycles. The third-order valence-corrected chi connectivity index (χ3v) is 5.07. The molecule has 31 heavy (non-hydrogen) atoms. The van der Waals surface area contributed by atoms with Gasteiger partial charge in [-0.1, -0.05) is 29.8 Å². The van der Waals surface area contributed by atoms with Crippen molar-refractivity contribution in [3.8, 4) is 17.0 Å². The number of carbonyl (C=O) groups is 1. The Kier molecular flexibility index (Phi) is 5.73. The molecule has 1 aromatic heterocycles. The number of pyridine rings is 1. The standard InChI is InChI=1S/C24H19ClFN3O2/c1-14-3-8-18(12-20(14)26)28-24(30)27-17-9-10-21-19(11-17)23(31-2)13-22(29-21)15-4-6-16(25)7-5-15/h3-13H,1-2H3,(H2,27,28,30). The van der Waals surface area contributed by atoms with Gasteiger partial charge < -0.3 is 15.4 Å². The largest absolute Gasteiger partial charge is 0.496 e. The number of fused-ring (bicyclic) bond motifs is 1. The number of halogens is 2. The normalized spacial score (nSPS) is 10.7. The van der Waals surface area contributed by atoms with Crippen LogP contribution in [0.25, 0.3) is 22.2 Å². The fourth-order valence-corrected chi connectivity index (χ4v) is 3.30. The average Bonchev–Trinajstić information content (AvgIpc) is 2.76. The number of hydrogen-bond acceptors (Lipinski definition) is 3. The van der Waals surface area contributed by atoms with Crippen LogP contribution in [-0.2, 0) is 0 Å². The van der Waals surface area contributed by atoms with Crippen molar-refractivity contribution >= 4 is 39.9 Å². The number of rotatable bonds is 4. The number of anilines is 2. The molecule has 1 heterocycles. The van der Waals surface area contributed by atoms with E-state index in [0.29, 0.717) is 27.7 Å². The predicted octanol–water partition coefficient (Wildman–Crippen LogP) is 6.66. The quantitative estimate of drug-likeness (QED) is 0.377. The van der Waals surface area contributed by atoms with Crippen LogP contribution in [0.5, 0.6) is 5.75 Å². The molecule has 0 aliphatic carbocycles. The molecule has 0 saturated carbocycles. The van der Waals surface area contributed by atoms with E-state index in [1.807, 2.05) is 18.2 Å². The fraction of sp³-hybridized carbons (Fsp3) is 0.0833. The first-order chi connectivity index (χ1) is 14.9. The monoisotopic (exact) mass is 435 g/mol. The predicted molar refractivity (Wildman–Crippen MR) is 123 cm³/mol. The van der Waals surface area contributed by atoms with Gasteiger partial charge in [-0.05, 0) is 55.0 Å². The van der Waals surface area contributed by atoms with Gasteiger partial charge in [-0.2, -0.15) is 0 Å². The van der Waals surface area contributed by atoms with E-state index < -0.39 is 6.03 Å². The summed E-state index contributed by atoms with van der Waals surface area (Å²) in [5.41, 5.74) is 3.82. The zero-order valence-electron chi connectivity index (χ0n) is 16.9. The second-order valence-corrected chi connectivity index (χ2v) is 7.43. The van der Waals surface area contributed by atoms with E-state index in [-0.39, 0.29) is 5.82 Å². The number of urea groups is 1. The van der Waals surface area contributed by atoms with Gasteiger partial charge >= 0.3 is 6.03 Å². The Hall–Kier alpha value is -3.64. The van der Waals surface area contributed by atoms with Crippen LogP contribution in [0.2, 0.25) is 5.02 Å². The Morgan fingerprint density at radius 2 is 1.65 bits per heavy atom. The Balaban J connectivity index is 1.59. The Morgan fingerprint density at radius 1 is 0.968 bits per heavy atom. The minimum absolute atomic E-state index is 0.369. The zero-order chi connectivity index (χ0) is 22.0. The van der Waals surface area contributed by atoms with Crippen LogP contribution >= 0.6 is 11.6 Å². The summed E-state index contributed by atoms with van der Waals surface area (Å²) in [5, 5.41) is 6.77. The van der Waals surface area contributed by atoms with Gasteiger partial charge in [-0.3, -0.25) is 0 Å². The molecule has 0 bridgehead atoms. The molecular formula is C24H19ClFN3O2. The number of nitrogens with zero attached hydrogens (tertiary/aromatic N) is 1. The molecule has 4 rings (SSSR count). The molecule has 7 heteroatoms. The minimum Gasteiger partial charge on any atom is -0.496 e. The molecular weight excluding hydrogens is 417 g/mol. The van der Waals surface area contributed by atoms with Crippen molar-refractivity contribution in [2.45, 2.75) is 6.92 Å². The summed E-state index contributed by atoms with van der Waals surface area (Å²) in [6, 6.07) is 18.6. The van der Waals surface area contributed by atoms with Crippen LogP contribution in [0.1, 0.15) is 5.56 Å². The zero-order valence-corrected chi connectivity index (χ0v) is 17.6. The van der Waals surface area contributed by atoms with Crippen molar-refractivity contribution in [3.63, 3.8) is 0 Å². The van der Waals surface area contributed by atoms with Crippen molar-refractivity contribution in [2.75, 3.05) is 17.7 Å². The van der Waals surface area contributed by atoms with Gasteiger partial charge in [-0.15, -0.1) is 0 Å². The molecule has 0 aliphatic rings. The van der Waals surface area contributed by atoms with Crippen molar-refractivity contribution in [1.29, 1.82) is 0 Å². The van der Waals surface area contributed by atoms with E-state index in [0.717, 1.165) is 22.2 Å². The Bertz CT molecular complexity index is 1280. The maximum Gasteiger partial charge on any atom is 0.323 e. The lowest BCUT2D eigenvalue weighted by Crippen LogP contribution is -2.19. The first-order valence-corrected chi connectivity index (χ1v) is 9.89. The topological polar surface area (TPSA) is 63.2 Å². The highest BCUT2D eigenvalue weighted by atomic mass is 35.5. The third-order valence-electron chi connectivity index (χ3n) is 4.82. The fourth-order valence-electron chi connectivity index (χ4n) is 3.17. The van der Waals surface area contributed by atoms with Gasteiger partial charge in [0.2, 0.25) is 0 Å². The molecule has 2 amide bonds. The van der Waals surface area contributed by atoms with E-state index >= 15 is 0 Å². The van der Waals surface area contributed by atoms with E-state index in [9.17, 15) is 9.18 Å². The van der Waals surface area contributed by atoms with Crippen LogP contribution in [0.3, 0.4) is 0 Å². The smallest absolute Gasteiger partial charge is 0.323 e. The van der Waals surface area contributed by atoms with Crippen molar-refractivity contribution in [2.24, 2.45) is 0 Å². The second-order valence-electron chi connectivity index (χ2n) is 6.99. The highest BCUT2D eigenvalue weighted by Gasteiger charge is 2.11. The molecule has 0 atom stereocenters. The van der Waals surface area contributed by atoms with Gasteiger partial charge in [-0.25, -0.2) is 14.2 Å². The van der Waals surface area contributed by atoms with Gasteiger partial charge in [0.05, 0.1) is 18.3 Å². The van der Waals surface area contributed by atoms with Crippen LogP contribution in [0.15, 0.2) is 66.7 Å². The lowest BCUT2D eigenvalue weighted by atomic mass is 10.1. The number of ether oxygens (including phenoxy) is 1. The molecule has 0 spiro atoms. The highest BCUT2D eigenvalue weighted by molar-refractivity contribution is 6.30. The van der Waals surface area contributed by atoms with E-state index in [1.165, 1.54) is 6.07 Å². The first-order valence-electron chi connectivity index (χ1n) is 9.52. The molecule has 2 N–H and O–H groups in total. The number of methoxy groups -OCH3 is 1. The molecule has 3 aromatic carbocycles. The van der Waals surface area contributed by atoms with Crippen molar-refractivity contribution < 1.29 is 13.9 Å². The lowest BCUT2D eigenvalue weighted by Gasteiger charge is -2.12. The van der Waals surface area contributed by atoms with Crippen LogP contribution in [-0.4, -0.2) is 18.1 Å². The molecule has 0 unspecified atom stereocenters. The van der Waals surface area contributed by atoms with Crippen LogP contribution in [0.4, 0.5) is 20.6 Å². The minimum atomic E-state index is -0.479. The number of aromatic nitrogens is 1. The molecule has 4 aromatic rings. The van der Waals surface area contributed by atoms with Crippen LogP contribution in [0, 0.1) is 12.7 Å². The summed E-state index contributed by atoms with van der Waals surface area (Å²) in [4.78, 5) is 17.0. The van der Waals surface area contributed by atoms with Gasteiger partial charge in [0.25, 0.3) is 0 Å². The van der Waals surface area contributed by atoms with Crippen molar-refractivity contribution in [3.05, 3.63) is 83.1 Å². The van der Waals surface area contributed by atoms with E-state index in [2.05, 4.69) is 10.6 Å². The summed E-state index contributed by atoms with van der Waals surface area (Å²) < 4.78 is 19.2. The lowest BCUT2D eigenvalue weighted by molar-refractivity contribution is 0.262. The maximum atomic E-state index is 13.7. The Labute approximate surface area is 183 Å². The Morgan fingerprint density at radius 3 is 2.32 bits per heavy atom. The second kappa shape index (κ2) is 8.62. The average molecular weight is 436 g/mol. The maximum absolute atomic E-state index is 13.7. The molecule has 0 saturated heterocycles. The number of aryl methyl sites for hydroxylation is 1. The van der Waals surface area contributed by atoms with Crippen LogP contribution < -0.4 is 15.4 Å². The molecule has 0 fully saturated rings. The number of amides is 2. The number of carbonyl (C=O) groups excluding carboxylic acids is 1. The summed E-state index contributed by atoms with van der Waals surface area (Å²) in [7, 11) is 1.58. The highest BCUT2D eigenvalue weighted by Crippen LogP contribution is 2.32.